The van der Waals surface area contributed by atoms with E-state index in [4.69, 9.17) is 0 Å². The molecule has 104 valence electrons. The number of thiazole rings is 1. The van der Waals surface area contributed by atoms with E-state index in [2.05, 4.69) is 15.6 Å². The summed E-state index contributed by atoms with van der Waals surface area (Å²) in [6.07, 6.45) is 1.79. The summed E-state index contributed by atoms with van der Waals surface area (Å²) in [6, 6.07) is 0. The number of anilines is 1. The molecule has 1 aliphatic heterocycles. The molecule has 1 saturated heterocycles. The molecule has 1 aliphatic rings. The van der Waals surface area contributed by atoms with Gasteiger partial charge in [-0.15, -0.1) is 11.3 Å². The monoisotopic (exact) mass is 282 g/mol. The van der Waals surface area contributed by atoms with Gasteiger partial charge < -0.3 is 5.32 Å². The molecular formula is C12H18N4O2S. The number of carbonyl (C=O) groups is 2. The highest BCUT2D eigenvalue weighted by Gasteiger charge is 2.40. The molecule has 1 fully saturated rings. The fourth-order valence-electron chi connectivity index (χ4n) is 1.89. The number of amides is 2. The molecule has 2 heterocycles. The fourth-order valence-corrected chi connectivity index (χ4v) is 2.78. The average Bonchev–Trinajstić information content (AvgIpc) is 2.74. The predicted molar refractivity (Wildman–Crippen MR) is 73.9 cm³/mol. The number of carbonyl (C=O) groups excluding carboxylic acids is 2. The smallest absolute Gasteiger partial charge is 0.246 e. The number of imide groups is 1. The number of rotatable bonds is 4. The molecule has 6 nitrogen and oxygen atoms in total. The second-order valence-electron chi connectivity index (χ2n) is 4.95. The van der Waals surface area contributed by atoms with Crippen LogP contribution in [-0.2, 0) is 16.1 Å². The molecule has 0 bridgehead atoms. The van der Waals surface area contributed by atoms with Gasteiger partial charge >= 0.3 is 0 Å². The molecule has 0 aromatic carbocycles. The third-order valence-corrected chi connectivity index (χ3v) is 4.10. The number of aromatic nitrogens is 1. The second kappa shape index (κ2) is 5.26. The van der Waals surface area contributed by atoms with E-state index in [9.17, 15) is 9.59 Å². The topological polar surface area (TPSA) is 74.3 Å². The molecule has 7 heteroatoms. The molecular weight excluding hydrogens is 264 g/mol. The van der Waals surface area contributed by atoms with Crippen molar-refractivity contribution in [2.45, 2.75) is 32.9 Å². The van der Waals surface area contributed by atoms with Gasteiger partial charge in [0.2, 0.25) is 11.8 Å². The van der Waals surface area contributed by atoms with Crippen LogP contribution in [0.1, 0.15) is 25.6 Å². The molecule has 1 aromatic rings. The summed E-state index contributed by atoms with van der Waals surface area (Å²) >= 11 is 1.55. The molecule has 0 saturated carbocycles. The van der Waals surface area contributed by atoms with Crippen LogP contribution in [0.15, 0.2) is 6.20 Å². The van der Waals surface area contributed by atoms with Gasteiger partial charge in [0, 0.05) is 24.2 Å². The van der Waals surface area contributed by atoms with Crippen molar-refractivity contribution in [3.63, 3.8) is 0 Å². The number of hydrogen-bond acceptors (Lipinski definition) is 6. The van der Waals surface area contributed by atoms with Gasteiger partial charge in [-0.2, -0.15) is 0 Å². The zero-order valence-corrected chi connectivity index (χ0v) is 12.1. The highest BCUT2D eigenvalue weighted by molar-refractivity contribution is 7.15. The maximum atomic E-state index is 11.8. The molecule has 0 aliphatic carbocycles. The van der Waals surface area contributed by atoms with Crippen LogP contribution in [0.25, 0.3) is 0 Å². The van der Waals surface area contributed by atoms with E-state index in [1.54, 1.807) is 17.5 Å². The highest BCUT2D eigenvalue weighted by atomic mass is 32.1. The van der Waals surface area contributed by atoms with Gasteiger partial charge in [0.15, 0.2) is 5.13 Å². The largest absolute Gasteiger partial charge is 0.362 e. The van der Waals surface area contributed by atoms with Gasteiger partial charge in [-0.3, -0.25) is 19.8 Å². The summed E-state index contributed by atoms with van der Waals surface area (Å²) in [6.45, 7) is 7.26. The van der Waals surface area contributed by atoms with Crippen LogP contribution >= 0.6 is 11.3 Å². The third kappa shape index (κ3) is 2.93. The Kier molecular flexibility index (Phi) is 3.86. The lowest BCUT2D eigenvalue weighted by molar-refractivity contribution is -0.145. The normalized spacial score (nSPS) is 19.3. The summed E-state index contributed by atoms with van der Waals surface area (Å²) in [5.74, 6) is -0.499. The first-order valence-corrected chi connectivity index (χ1v) is 7.03. The number of piperazine rings is 1. The Labute approximate surface area is 116 Å². The minimum Gasteiger partial charge on any atom is -0.362 e. The molecule has 0 unspecified atom stereocenters. The average molecular weight is 282 g/mol. The summed E-state index contributed by atoms with van der Waals surface area (Å²) < 4.78 is 0. The van der Waals surface area contributed by atoms with Crippen molar-refractivity contribution in [3.05, 3.63) is 11.1 Å². The van der Waals surface area contributed by atoms with Gasteiger partial charge in [-0.05, 0) is 20.8 Å². The van der Waals surface area contributed by atoms with Crippen molar-refractivity contribution in [2.75, 3.05) is 18.4 Å². The minimum atomic E-state index is -0.684. The first-order valence-electron chi connectivity index (χ1n) is 6.21. The zero-order chi connectivity index (χ0) is 14.0. The van der Waals surface area contributed by atoms with Gasteiger partial charge in [-0.25, -0.2) is 4.98 Å². The van der Waals surface area contributed by atoms with Gasteiger partial charge in [0.25, 0.3) is 0 Å². The van der Waals surface area contributed by atoms with Crippen molar-refractivity contribution in [1.29, 1.82) is 0 Å². The number of hydrogen-bond donors (Lipinski definition) is 2. The van der Waals surface area contributed by atoms with Gasteiger partial charge in [0.1, 0.15) is 0 Å². The van der Waals surface area contributed by atoms with Crippen LogP contribution in [0.3, 0.4) is 0 Å². The Morgan fingerprint density at radius 1 is 1.53 bits per heavy atom. The lowest BCUT2D eigenvalue weighted by Gasteiger charge is -2.39. The molecule has 0 atom stereocenters. The molecule has 1 aromatic heterocycles. The zero-order valence-electron chi connectivity index (χ0n) is 11.3. The Bertz CT molecular complexity index is 498. The van der Waals surface area contributed by atoms with Crippen LogP contribution < -0.4 is 10.6 Å². The van der Waals surface area contributed by atoms with E-state index < -0.39 is 5.54 Å². The van der Waals surface area contributed by atoms with E-state index in [-0.39, 0.29) is 18.4 Å². The van der Waals surface area contributed by atoms with Crippen molar-refractivity contribution < 1.29 is 9.59 Å². The van der Waals surface area contributed by atoms with Crippen LogP contribution in [0.5, 0.6) is 0 Å². The summed E-state index contributed by atoms with van der Waals surface area (Å²) in [5.41, 5.74) is -0.684. The minimum absolute atomic E-state index is 0.229. The van der Waals surface area contributed by atoms with E-state index in [0.29, 0.717) is 6.54 Å². The molecule has 2 N–H and O–H groups in total. The molecule has 0 spiro atoms. The predicted octanol–water partition coefficient (Wildman–Crippen LogP) is 0.812. The van der Waals surface area contributed by atoms with Crippen LogP contribution in [0, 0.1) is 0 Å². The quantitative estimate of drug-likeness (QED) is 0.800. The lowest BCUT2D eigenvalue weighted by atomic mass is 9.99. The number of nitrogens with one attached hydrogen (secondary N) is 2. The molecule has 2 amide bonds. The van der Waals surface area contributed by atoms with E-state index in [1.807, 2.05) is 25.7 Å². The first kappa shape index (κ1) is 14.0. The lowest BCUT2D eigenvalue weighted by Crippen LogP contribution is -2.63. The Morgan fingerprint density at radius 2 is 2.26 bits per heavy atom. The van der Waals surface area contributed by atoms with Crippen molar-refractivity contribution in [1.82, 2.24) is 15.2 Å². The SMILES string of the molecule is CCNc1ncc(CN2CC(=O)NC(=O)C2(C)C)s1. The first-order chi connectivity index (χ1) is 8.93. The molecule has 2 rings (SSSR count). The second-order valence-corrected chi connectivity index (χ2v) is 6.07. The van der Waals surface area contributed by atoms with Crippen molar-refractivity contribution in [3.8, 4) is 0 Å². The molecule has 0 radical (unpaired) electrons. The van der Waals surface area contributed by atoms with Gasteiger partial charge in [-0.1, -0.05) is 0 Å². The van der Waals surface area contributed by atoms with E-state index >= 15 is 0 Å². The Morgan fingerprint density at radius 3 is 2.95 bits per heavy atom. The summed E-state index contributed by atoms with van der Waals surface area (Å²) in [5, 5.41) is 6.38. The van der Waals surface area contributed by atoms with Crippen LogP contribution in [-0.4, -0.2) is 40.3 Å². The van der Waals surface area contributed by atoms with Gasteiger partial charge in [0.05, 0.1) is 12.1 Å². The standard InChI is InChI=1S/C12H18N4O2S/c1-4-13-11-14-5-8(19-11)6-16-7-9(17)15-10(18)12(16,2)3/h5H,4,6-7H2,1-3H3,(H,13,14)(H,15,17,18). The summed E-state index contributed by atoms with van der Waals surface area (Å²) in [7, 11) is 0. The fraction of sp³-hybridized carbons (Fsp3) is 0.583. The van der Waals surface area contributed by atoms with Crippen molar-refractivity contribution in [2.24, 2.45) is 0 Å². The summed E-state index contributed by atoms with van der Waals surface area (Å²) in [4.78, 5) is 30.5. The third-order valence-electron chi connectivity index (χ3n) is 3.16. The maximum Gasteiger partial charge on any atom is 0.246 e. The Balaban J connectivity index is 2.11. The van der Waals surface area contributed by atoms with E-state index in [0.717, 1.165) is 16.6 Å². The number of nitrogens with zero attached hydrogens (tertiary/aromatic N) is 2. The Hall–Kier alpha value is -1.47. The van der Waals surface area contributed by atoms with Crippen molar-refractivity contribution >= 4 is 28.3 Å². The maximum absolute atomic E-state index is 11.8. The van der Waals surface area contributed by atoms with Crippen LogP contribution in [0.4, 0.5) is 5.13 Å². The van der Waals surface area contributed by atoms with Crippen LogP contribution in [0.2, 0.25) is 0 Å². The highest BCUT2D eigenvalue weighted by Crippen LogP contribution is 2.25. The van der Waals surface area contributed by atoms with E-state index in [1.165, 1.54) is 0 Å². The molecule has 19 heavy (non-hydrogen) atoms.